The molecule has 0 spiro atoms. The summed E-state index contributed by atoms with van der Waals surface area (Å²) in [4.78, 5) is 8.59. The zero-order valence-electron chi connectivity index (χ0n) is 15.9. The Morgan fingerprint density at radius 1 is 1.26 bits per heavy atom. The summed E-state index contributed by atoms with van der Waals surface area (Å²) < 4.78 is 1.57. The van der Waals surface area contributed by atoms with Crippen molar-refractivity contribution in [2.24, 2.45) is 11.8 Å². The first-order valence-corrected chi connectivity index (χ1v) is 10.7. The standard InChI is InChI=1S/C20H25ClN4OS/c1-4-16-22-20-25(23-16)19(26)18(27-20)17(14-7-5-6-8-15(14)21)24-10-12(2)9-13(3)11-24/h5-8,12-13,17,26H,4,9-11H2,1-3H3/t12-,13-,17+/m1/s1. The van der Waals surface area contributed by atoms with Crippen molar-refractivity contribution < 1.29 is 5.11 Å². The Kier molecular flexibility index (Phi) is 5.14. The number of halogens is 1. The molecular formula is C20H25ClN4OS. The Bertz CT molecular complexity index is 943. The molecule has 4 rings (SSSR count). The third-order valence-corrected chi connectivity index (χ3v) is 6.69. The molecule has 1 saturated heterocycles. The molecule has 3 heterocycles. The summed E-state index contributed by atoms with van der Waals surface area (Å²) in [5.41, 5.74) is 1.02. The number of rotatable bonds is 4. The lowest BCUT2D eigenvalue weighted by atomic mass is 9.89. The summed E-state index contributed by atoms with van der Waals surface area (Å²) in [6, 6.07) is 7.84. The number of thiazole rings is 1. The minimum Gasteiger partial charge on any atom is -0.492 e. The maximum atomic E-state index is 11.0. The number of hydrogen-bond acceptors (Lipinski definition) is 5. The number of likely N-dealkylation sites (tertiary alicyclic amines) is 1. The first-order valence-electron chi connectivity index (χ1n) is 9.53. The Morgan fingerprint density at radius 3 is 2.59 bits per heavy atom. The number of hydrogen-bond donors (Lipinski definition) is 1. The highest BCUT2D eigenvalue weighted by molar-refractivity contribution is 7.17. The van der Waals surface area contributed by atoms with E-state index in [1.54, 1.807) is 4.52 Å². The van der Waals surface area contributed by atoms with Gasteiger partial charge in [0.25, 0.3) is 0 Å². The largest absolute Gasteiger partial charge is 0.492 e. The molecule has 27 heavy (non-hydrogen) atoms. The number of aromatic hydroxyl groups is 1. The summed E-state index contributed by atoms with van der Waals surface area (Å²) in [6.07, 6.45) is 1.98. The number of fused-ring (bicyclic) bond motifs is 1. The molecule has 1 aromatic carbocycles. The van der Waals surface area contributed by atoms with E-state index < -0.39 is 0 Å². The molecule has 2 aromatic heterocycles. The first-order chi connectivity index (χ1) is 13.0. The molecule has 0 aliphatic carbocycles. The Balaban J connectivity index is 1.84. The fourth-order valence-electron chi connectivity index (χ4n) is 4.24. The van der Waals surface area contributed by atoms with Crippen molar-refractivity contribution in [1.82, 2.24) is 19.5 Å². The van der Waals surface area contributed by atoms with E-state index in [4.69, 9.17) is 11.6 Å². The average molecular weight is 405 g/mol. The van der Waals surface area contributed by atoms with Gasteiger partial charge in [-0.1, -0.05) is 61.9 Å². The van der Waals surface area contributed by atoms with E-state index in [2.05, 4.69) is 34.9 Å². The van der Waals surface area contributed by atoms with Crippen LogP contribution >= 0.6 is 22.9 Å². The SMILES string of the molecule is CCc1nc2sc([C@H](c3ccccc3Cl)N3C[C@H](C)C[C@@H](C)C3)c(O)n2n1. The molecule has 7 heteroatoms. The number of piperidine rings is 1. The van der Waals surface area contributed by atoms with E-state index in [1.807, 2.05) is 25.1 Å². The Labute approximate surface area is 168 Å². The van der Waals surface area contributed by atoms with Crippen molar-refractivity contribution in [3.8, 4) is 5.88 Å². The third-order valence-electron chi connectivity index (χ3n) is 5.27. The number of aromatic nitrogens is 3. The van der Waals surface area contributed by atoms with Crippen LogP contribution in [0.15, 0.2) is 24.3 Å². The molecule has 1 aliphatic rings. The molecule has 0 radical (unpaired) electrons. The average Bonchev–Trinajstić information content (AvgIpc) is 3.16. The van der Waals surface area contributed by atoms with Crippen LogP contribution in [0.25, 0.3) is 4.96 Å². The highest BCUT2D eigenvalue weighted by Gasteiger charge is 2.34. The highest BCUT2D eigenvalue weighted by Crippen LogP contribution is 2.43. The Morgan fingerprint density at radius 2 is 1.96 bits per heavy atom. The molecule has 144 valence electrons. The zero-order valence-corrected chi connectivity index (χ0v) is 17.5. The third kappa shape index (κ3) is 3.46. The summed E-state index contributed by atoms with van der Waals surface area (Å²) in [6.45, 7) is 8.56. The molecule has 0 saturated carbocycles. The van der Waals surface area contributed by atoms with Gasteiger partial charge in [-0.3, -0.25) is 4.90 Å². The monoisotopic (exact) mass is 404 g/mol. The van der Waals surface area contributed by atoms with Crippen LogP contribution in [0.3, 0.4) is 0 Å². The first kappa shape index (κ1) is 18.7. The van der Waals surface area contributed by atoms with Gasteiger partial charge in [0.2, 0.25) is 10.8 Å². The van der Waals surface area contributed by atoms with E-state index in [9.17, 15) is 5.11 Å². The summed E-state index contributed by atoms with van der Waals surface area (Å²) >= 11 is 8.10. The molecule has 1 fully saturated rings. The van der Waals surface area contributed by atoms with Crippen LogP contribution in [0.2, 0.25) is 5.02 Å². The van der Waals surface area contributed by atoms with E-state index in [0.29, 0.717) is 11.8 Å². The molecule has 1 N–H and O–H groups in total. The second kappa shape index (κ2) is 7.41. The summed E-state index contributed by atoms with van der Waals surface area (Å²) in [5, 5.41) is 16.1. The van der Waals surface area contributed by atoms with E-state index >= 15 is 0 Å². The normalized spacial score (nSPS) is 22.4. The molecule has 5 nitrogen and oxygen atoms in total. The lowest BCUT2D eigenvalue weighted by Crippen LogP contribution is -2.41. The summed E-state index contributed by atoms with van der Waals surface area (Å²) in [5.74, 6) is 2.14. The van der Waals surface area contributed by atoms with E-state index in [1.165, 1.54) is 17.8 Å². The van der Waals surface area contributed by atoms with Gasteiger partial charge < -0.3 is 5.11 Å². The minimum absolute atomic E-state index is 0.0949. The van der Waals surface area contributed by atoms with Gasteiger partial charge in [-0.05, 0) is 29.9 Å². The van der Waals surface area contributed by atoms with Crippen LogP contribution in [-0.4, -0.2) is 37.7 Å². The fraction of sp³-hybridized carbons (Fsp3) is 0.500. The highest BCUT2D eigenvalue weighted by atomic mass is 35.5. The van der Waals surface area contributed by atoms with Crippen LogP contribution in [-0.2, 0) is 6.42 Å². The Hall–Kier alpha value is -1.63. The zero-order chi connectivity index (χ0) is 19.1. The van der Waals surface area contributed by atoms with Gasteiger partial charge in [0.15, 0.2) is 5.82 Å². The van der Waals surface area contributed by atoms with Crippen LogP contribution in [0.5, 0.6) is 5.88 Å². The molecule has 1 aliphatic heterocycles. The molecular weight excluding hydrogens is 380 g/mol. The smallest absolute Gasteiger partial charge is 0.230 e. The number of aryl methyl sites for hydroxylation is 1. The van der Waals surface area contributed by atoms with Gasteiger partial charge in [-0.15, -0.1) is 5.10 Å². The van der Waals surface area contributed by atoms with Crippen molar-refractivity contribution in [3.63, 3.8) is 0 Å². The van der Waals surface area contributed by atoms with Crippen LogP contribution in [0.4, 0.5) is 0 Å². The van der Waals surface area contributed by atoms with Crippen molar-refractivity contribution >= 4 is 27.9 Å². The molecule has 0 unspecified atom stereocenters. The number of nitrogens with zero attached hydrogens (tertiary/aromatic N) is 4. The van der Waals surface area contributed by atoms with Crippen molar-refractivity contribution in [3.05, 3.63) is 45.6 Å². The van der Waals surface area contributed by atoms with Crippen molar-refractivity contribution in [1.29, 1.82) is 0 Å². The minimum atomic E-state index is -0.0949. The second-order valence-corrected chi connectivity index (χ2v) is 9.11. The molecule has 3 atom stereocenters. The van der Waals surface area contributed by atoms with Gasteiger partial charge in [0.1, 0.15) is 0 Å². The van der Waals surface area contributed by atoms with E-state index in [0.717, 1.165) is 45.8 Å². The lowest BCUT2D eigenvalue weighted by molar-refractivity contribution is 0.112. The summed E-state index contributed by atoms with van der Waals surface area (Å²) in [7, 11) is 0. The van der Waals surface area contributed by atoms with Gasteiger partial charge in [0, 0.05) is 24.5 Å². The van der Waals surface area contributed by atoms with Gasteiger partial charge in [0.05, 0.1) is 10.9 Å². The topological polar surface area (TPSA) is 53.7 Å². The van der Waals surface area contributed by atoms with Gasteiger partial charge >= 0.3 is 0 Å². The van der Waals surface area contributed by atoms with Crippen LogP contribution in [0, 0.1) is 11.8 Å². The van der Waals surface area contributed by atoms with Crippen LogP contribution in [0.1, 0.15) is 49.5 Å². The predicted octanol–water partition coefficient (Wildman–Crippen LogP) is 4.78. The van der Waals surface area contributed by atoms with Gasteiger partial charge in [-0.2, -0.15) is 4.52 Å². The van der Waals surface area contributed by atoms with Gasteiger partial charge in [-0.25, -0.2) is 4.98 Å². The van der Waals surface area contributed by atoms with Crippen molar-refractivity contribution in [2.45, 2.75) is 39.7 Å². The maximum Gasteiger partial charge on any atom is 0.230 e. The van der Waals surface area contributed by atoms with Crippen LogP contribution < -0.4 is 0 Å². The van der Waals surface area contributed by atoms with E-state index in [-0.39, 0.29) is 11.9 Å². The molecule has 0 bridgehead atoms. The lowest BCUT2D eigenvalue weighted by Gasteiger charge is -2.40. The number of benzene rings is 1. The predicted molar refractivity (Wildman–Crippen MR) is 110 cm³/mol. The quantitative estimate of drug-likeness (QED) is 0.679. The maximum absolute atomic E-state index is 11.0. The second-order valence-electron chi connectivity index (χ2n) is 7.69. The van der Waals surface area contributed by atoms with Crippen molar-refractivity contribution in [2.75, 3.05) is 13.1 Å². The fourth-order valence-corrected chi connectivity index (χ4v) is 5.61. The molecule has 3 aromatic rings. The molecule has 0 amide bonds.